The van der Waals surface area contributed by atoms with Crippen molar-refractivity contribution in [3.05, 3.63) is 50.8 Å². The van der Waals surface area contributed by atoms with E-state index in [0.29, 0.717) is 22.0 Å². The van der Waals surface area contributed by atoms with Crippen LogP contribution in [0.3, 0.4) is 0 Å². The number of benzene rings is 1. The van der Waals surface area contributed by atoms with Gasteiger partial charge in [-0.2, -0.15) is 5.10 Å². The van der Waals surface area contributed by atoms with Gasteiger partial charge in [0.2, 0.25) is 0 Å². The minimum Gasteiger partial charge on any atom is -0.298 e. The Morgan fingerprint density at radius 1 is 1.35 bits per heavy atom. The van der Waals surface area contributed by atoms with Crippen LogP contribution in [0.15, 0.2) is 18.2 Å². The zero-order chi connectivity index (χ0) is 12.4. The highest BCUT2D eigenvalue weighted by Gasteiger charge is 2.10. The van der Waals surface area contributed by atoms with E-state index in [1.807, 2.05) is 13.0 Å². The van der Waals surface area contributed by atoms with Crippen molar-refractivity contribution in [2.75, 3.05) is 0 Å². The molecular weight excluding hydrogens is 259 g/mol. The summed E-state index contributed by atoms with van der Waals surface area (Å²) in [6.45, 7) is 1.81. The van der Waals surface area contributed by atoms with Crippen LogP contribution in [0, 0.1) is 6.92 Å². The number of halogens is 2. The second kappa shape index (κ2) is 4.90. The standard InChI is InChI=1S/C12H10Cl2N2O/c1-7-9(6-17)12(16-15-7)5-8-2-3-10(13)11(14)4-8/h2-4,6H,5H2,1H3,(H,15,16). The molecular formula is C12H10Cl2N2O. The van der Waals surface area contributed by atoms with Crippen molar-refractivity contribution in [3.8, 4) is 0 Å². The van der Waals surface area contributed by atoms with Crippen LogP contribution in [0.1, 0.15) is 27.3 Å². The molecule has 0 aliphatic heterocycles. The fraction of sp³-hybridized carbons (Fsp3) is 0.167. The van der Waals surface area contributed by atoms with Crippen LogP contribution in [0.4, 0.5) is 0 Å². The van der Waals surface area contributed by atoms with E-state index >= 15 is 0 Å². The summed E-state index contributed by atoms with van der Waals surface area (Å²) < 4.78 is 0. The van der Waals surface area contributed by atoms with Gasteiger partial charge < -0.3 is 0 Å². The first-order valence-electron chi connectivity index (χ1n) is 5.04. The van der Waals surface area contributed by atoms with E-state index in [4.69, 9.17) is 23.2 Å². The molecule has 0 saturated heterocycles. The molecule has 88 valence electrons. The second-order valence-electron chi connectivity index (χ2n) is 3.75. The summed E-state index contributed by atoms with van der Waals surface area (Å²) in [6.07, 6.45) is 1.36. The summed E-state index contributed by atoms with van der Waals surface area (Å²) in [7, 11) is 0. The van der Waals surface area contributed by atoms with Crippen molar-refractivity contribution >= 4 is 29.5 Å². The lowest BCUT2D eigenvalue weighted by molar-refractivity contribution is 0.112. The first kappa shape index (κ1) is 12.1. The van der Waals surface area contributed by atoms with Crippen molar-refractivity contribution < 1.29 is 4.79 Å². The second-order valence-corrected chi connectivity index (χ2v) is 4.57. The van der Waals surface area contributed by atoms with Crippen LogP contribution < -0.4 is 0 Å². The molecule has 5 heteroatoms. The number of rotatable bonds is 3. The predicted molar refractivity (Wildman–Crippen MR) is 68.0 cm³/mol. The van der Waals surface area contributed by atoms with Gasteiger partial charge in [-0.1, -0.05) is 29.3 Å². The number of aldehydes is 1. The SMILES string of the molecule is Cc1[nH]nc(Cc2ccc(Cl)c(Cl)c2)c1C=O. The van der Waals surface area contributed by atoms with Crippen LogP contribution in [-0.2, 0) is 6.42 Å². The molecule has 1 heterocycles. The Kier molecular flexibility index (Phi) is 3.50. The van der Waals surface area contributed by atoms with Gasteiger partial charge in [-0.3, -0.25) is 9.89 Å². The summed E-state index contributed by atoms with van der Waals surface area (Å²) in [5, 5.41) is 7.92. The van der Waals surface area contributed by atoms with Crippen molar-refractivity contribution in [3.63, 3.8) is 0 Å². The molecule has 0 radical (unpaired) electrons. The molecule has 1 aromatic heterocycles. The largest absolute Gasteiger partial charge is 0.298 e. The molecule has 0 spiro atoms. The number of nitrogens with one attached hydrogen (secondary N) is 1. The number of carbonyl (C=O) groups is 1. The number of hydrogen-bond donors (Lipinski definition) is 1. The number of hydrogen-bond acceptors (Lipinski definition) is 2. The highest BCUT2D eigenvalue weighted by molar-refractivity contribution is 6.42. The maximum absolute atomic E-state index is 10.9. The quantitative estimate of drug-likeness (QED) is 0.867. The molecule has 2 rings (SSSR count). The van der Waals surface area contributed by atoms with Gasteiger partial charge in [-0.15, -0.1) is 0 Å². The molecule has 0 atom stereocenters. The Morgan fingerprint density at radius 2 is 2.12 bits per heavy atom. The van der Waals surface area contributed by atoms with E-state index in [2.05, 4.69) is 10.2 Å². The third-order valence-electron chi connectivity index (χ3n) is 2.55. The number of aromatic amines is 1. The molecule has 0 fully saturated rings. The van der Waals surface area contributed by atoms with E-state index in [9.17, 15) is 4.79 Å². The molecule has 17 heavy (non-hydrogen) atoms. The Hall–Kier alpha value is -1.32. The van der Waals surface area contributed by atoms with Crippen LogP contribution in [0.5, 0.6) is 0 Å². The first-order chi connectivity index (χ1) is 8.11. The lowest BCUT2D eigenvalue weighted by Gasteiger charge is -2.01. The fourth-order valence-electron chi connectivity index (χ4n) is 1.62. The molecule has 2 aromatic rings. The van der Waals surface area contributed by atoms with Crippen LogP contribution in [-0.4, -0.2) is 16.5 Å². The summed E-state index contributed by atoms with van der Waals surface area (Å²) in [4.78, 5) is 10.9. The van der Waals surface area contributed by atoms with Gasteiger partial charge in [0.05, 0.1) is 21.3 Å². The summed E-state index contributed by atoms with van der Waals surface area (Å²) >= 11 is 11.8. The van der Waals surface area contributed by atoms with Crippen LogP contribution >= 0.6 is 23.2 Å². The normalized spacial score (nSPS) is 10.5. The monoisotopic (exact) mass is 268 g/mol. The molecule has 0 bridgehead atoms. The van der Waals surface area contributed by atoms with Gasteiger partial charge in [0.15, 0.2) is 6.29 Å². The fourth-order valence-corrected chi connectivity index (χ4v) is 1.94. The van der Waals surface area contributed by atoms with Crippen molar-refractivity contribution in [2.24, 2.45) is 0 Å². The summed E-state index contributed by atoms with van der Waals surface area (Å²) in [5.74, 6) is 0. The Bertz CT molecular complexity index is 564. The molecule has 0 aliphatic rings. The number of carbonyl (C=O) groups excluding carboxylic acids is 1. The van der Waals surface area contributed by atoms with E-state index in [-0.39, 0.29) is 0 Å². The smallest absolute Gasteiger partial charge is 0.153 e. The van der Waals surface area contributed by atoms with Crippen molar-refractivity contribution in [1.29, 1.82) is 0 Å². The molecule has 0 amide bonds. The number of aromatic nitrogens is 2. The Labute approximate surface area is 109 Å². The zero-order valence-corrected chi connectivity index (χ0v) is 10.6. The average molecular weight is 269 g/mol. The van der Waals surface area contributed by atoms with Gasteiger partial charge in [0, 0.05) is 12.1 Å². The average Bonchev–Trinajstić information content (AvgIpc) is 2.64. The molecule has 0 saturated carbocycles. The van der Waals surface area contributed by atoms with E-state index in [1.165, 1.54) is 0 Å². The van der Waals surface area contributed by atoms with Gasteiger partial charge >= 0.3 is 0 Å². The zero-order valence-electron chi connectivity index (χ0n) is 9.13. The van der Waals surface area contributed by atoms with Gasteiger partial charge in [-0.05, 0) is 24.6 Å². The Morgan fingerprint density at radius 3 is 2.76 bits per heavy atom. The van der Waals surface area contributed by atoms with Crippen molar-refractivity contribution in [1.82, 2.24) is 10.2 Å². The van der Waals surface area contributed by atoms with E-state index in [1.54, 1.807) is 12.1 Å². The lowest BCUT2D eigenvalue weighted by Crippen LogP contribution is -1.94. The lowest BCUT2D eigenvalue weighted by atomic mass is 10.1. The minimum absolute atomic E-state index is 0.504. The molecule has 1 N–H and O–H groups in total. The number of nitrogens with zero attached hydrogens (tertiary/aromatic N) is 1. The highest BCUT2D eigenvalue weighted by atomic mass is 35.5. The number of H-pyrrole nitrogens is 1. The molecule has 3 nitrogen and oxygen atoms in total. The van der Waals surface area contributed by atoms with Gasteiger partial charge in [-0.25, -0.2) is 0 Å². The molecule has 0 aliphatic carbocycles. The van der Waals surface area contributed by atoms with Crippen LogP contribution in [0.25, 0.3) is 0 Å². The van der Waals surface area contributed by atoms with Crippen molar-refractivity contribution in [2.45, 2.75) is 13.3 Å². The molecule has 0 unspecified atom stereocenters. The maximum Gasteiger partial charge on any atom is 0.153 e. The van der Waals surface area contributed by atoms with Gasteiger partial charge in [0.1, 0.15) is 0 Å². The van der Waals surface area contributed by atoms with Crippen LogP contribution in [0.2, 0.25) is 10.0 Å². The predicted octanol–water partition coefficient (Wildman–Crippen LogP) is 3.43. The summed E-state index contributed by atoms with van der Waals surface area (Å²) in [6, 6.07) is 5.38. The topological polar surface area (TPSA) is 45.8 Å². The molecule has 1 aromatic carbocycles. The maximum atomic E-state index is 10.9. The minimum atomic E-state index is 0.504. The van der Waals surface area contributed by atoms with E-state index in [0.717, 1.165) is 23.2 Å². The third kappa shape index (κ3) is 2.51. The number of aryl methyl sites for hydroxylation is 1. The van der Waals surface area contributed by atoms with E-state index < -0.39 is 0 Å². The van der Waals surface area contributed by atoms with Gasteiger partial charge in [0.25, 0.3) is 0 Å². The summed E-state index contributed by atoms with van der Waals surface area (Å²) in [5.41, 5.74) is 3.07. The first-order valence-corrected chi connectivity index (χ1v) is 5.80. The highest BCUT2D eigenvalue weighted by Crippen LogP contribution is 2.24. The Balaban J connectivity index is 2.31. The third-order valence-corrected chi connectivity index (χ3v) is 3.29.